The van der Waals surface area contributed by atoms with Crippen molar-refractivity contribution in [3.05, 3.63) is 36.5 Å². The second kappa shape index (κ2) is 4.09. The van der Waals surface area contributed by atoms with Gasteiger partial charge in [0, 0.05) is 17.8 Å². The highest BCUT2D eigenvalue weighted by Crippen LogP contribution is 2.23. The van der Waals surface area contributed by atoms with Crippen LogP contribution in [0.3, 0.4) is 0 Å². The van der Waals surface area contributed by atoms with Gasteiger partial charge in [0.1, 0.15) is 0 Å². The molecular weight excluding hydrogens is 182 g/mol. The molecule has 1 nitrogen and oxygen atoms in total. The molecule has 0 fully saturated rings. The molecule has 1 aromatic heterocycles. The first-order chi connectivity index (χ1) is 7.18. The zero-order valence-electron chi connectivity index (χ0n) is 9.77. The van der Waals surface area contributed by atoms with Gasteiger partial charge in [-0.05, 0) is 36.8 Å². The van der Waals surface area contributed by atoms with E-state index in [2.05, 4.69) is 61.9 Å². The van der Waals surface area contributed by atoms with Gasteiger partial charge in [0.2, 0.25) is 0 Å². The van der Waals surface area contributed by atoms with Gasteiger partial charge in [0.25, 0.3) is 0 Å². The van der Waals surface area contributed by atoms with Crippen LogP contribution in [-0.2, 0) is 0 Å². The first-order valence-corrected chi connectivity index (χ1v) is 5.74. The summed E-state index contributed by atoms with van der Waals surface area (Å²) in [4.78, 5) is 0. The summed E-state index contributed by atoms with van der Waals surface area (Å²) in [6.45, 7) is 6.86. The van der Waals surface area contributed by atoms with Crippen LogP contribution in [0.2, 0.25) is 0 Å². The molecule has 0 saturated heterocycles. The van der Waals surface area contributed by atoms with E-state index in [9.17, 15) is 0 Å². The van der Waals surface area contributed by atoms with Crippen LogP contribution in [0, 0.1) is 5.92 Å². The van der Waals surface area contributed by atoms with Gasteiger partial charge in [0.15, 0.2) is 0 Å². The van der Waals surface area contributed by atoms with Gasteiger partial charge < -0.3 is 4.57 Å². The highest BCUT2D eigenvalue weighted by molar-refractivity contribution is 5.80. The Labute approximate surface area is 91.7 Å². The van der Waals surface area contributed by atoms with E-state index in [1.807, 2.05) is 0 Å². The van der Waals surface area contributed by atoms with Gasteiger partial charge in [0.05, 0.1) is 0 Å². The van der Waals surface area contributed by atoms with Crippen LogP contribution in [0.1, 0.15) is 33.2 Å². The summed E-state index contributed by atoms with van der Waals surface area (Å²) in [6, 6.07) is 11.4. The van der Waals surface area contributed by atoms with E-state index < -0.39 is 0 Å². The van der Waals surface area contributed by atoms with E-state index >= 15 is 0 Å². The van der Waals surface area contributed by atoms with Crippen LogP contribution in [0.15, 0.2) is 36.5 Å². The molecule has 2 aromatic rings. The zero-order valence-corrected chi connectivity index (χ0v) is 9.77. The molecule has 0 saturated carbocycles. The molecule has 0 aliphatic heterocycles. The van der Waals surface area contributed by atoms with Crippen LogP contribution in [0.5, 0.6) is 0 Å². The van der Waals surface area contributed by atoms with Crippen molar-refractivity contribution in [3.8, 4) is 0 Å². The SMILES string of the molecule is CC(C)CC(C)n1ccc2ccccc21. The topological polar surface area (TPSA) is 4.93 Å². The molecule has 0 amide bonds. The molecule has 1 heterocycles. The van der Waals surface area contributed by atoms with E-state index in [0.717, 1.165) is 5.92 Å². The Morgan fingerprint density at radius 3 is 2.53 bits per heavy atom. The standard InChI is InChI=1S/C14H19N/c1-11(2)10-12(3)15-9-8-13-6-4-5-7-14(13)15/h4-9,11-12H,10H2,1-3H3. The minimum atomic E-state index is 0.588. The summed E-state index contributed by atoms with van der Waals surface area (Å²) >= 11 is 0. The molecule has 0 aliphatic rings. The van der Waals surface area contributed by atoms with Crippen molar-refractivity contribution in [2.75, 3.05) is 0 Å². The van der Waals surface area contributed by atoms with Crippen molar-refractivity contribution in [2.45, 2.75) is 33.2 Å². The Bertz CT molecular complexity index is 439. The van der Waals surface area contributed by atoms with Gasteiger partial charge in [-0.25, -0.2) is 0 Å². The number of benzene rings is 1. The van der Waals surface area contributed by atoms with Gasteiger partial charge in [-0.2, -0.15) is 0 Å². The Hall–Kier alpha value is -1.24. The van der Waals surface area contributed by atoms with E-state index in [-0.39, 0.29) is 0 Å². The number of rotatable bonds is 3. The van der Waals surface area contributed by atoms with Crippen molar-refractivity contribution in [3.63, 3.8) is 0 Å². The first-order valence-electron chi connectivity index (χ1n) is 5.74. The molecular formula is C14H19N. The maximum Gasteiger partial charge on any atom is 0.0482 e. The van der Waals surface area contributed by atoms with Crippen molar-refractivity contribution >= 4 is 10.9 Å². The Morgan fingerprint density at radius 1 is 1.07 bits per heavy atom. The second-order valence-electron chi connectivity index (χ2n) is 4.76. The summed E-state index contributed by atoms with van der Waals surface area (Å²) in [7, 11) is 0. The van der Waals surface area contributed by atoms with E-state index in [1.165, 1.54) is 17.3 Å². The second-order valence-corrected chi connectivity index (χ2v) is 4.76. The summed E-state index contributed by atoms with van der Waals surface area (Å²) < 4.78 is 2.38. The van der Waals surface area contributed by atoms with Gasteiger partial charge in [-0.15, -0.1) is 0 Å². The lowest BCUT2D eigenvalue weighted by atomic mass is 10.1. The number of nitrogens with zero attached hydrogens (tertiary/aromatic N) is 1. The van der Waals surface area contributed by atoms with Crippen molar-refractivity contribution in [2.24, 2.45) is 5.92 Å². The molecule has 0 bridgehead atoms. The number of aromatic nitrogens is 1. The fraction of sp³-hybridized carbons (Fsp3) is 0.429. The van der Waals surface area contributed by atoms with Crippen LogP contribution in [0.25, 0.3) is 10.9 Å². The zero-order chi connectivity index (χ0) is 10.8. The normalized spacial score (nSPS) is 13.6. The number of hydrogen-bond donors (Lipinski definition) is 0. The van der Waals surface area contributed by atoms with Crippen molar-refractivity contribution < 1.29 is 0 Å². The van der Waals surface area contributed by atoms with E-state index in [0.29, 0.717) is 6.04 Å². The van der Waals surface area contributed by atoms with Crippen LogP contribution in [-0.4, -0.2) is 4.57 Å². The first kappa shape index (κ1) is 10.3. The summed E-state index contributed by atoms with van der Waals surface area (Å²) in [5.74, 6) is 0.751. The van der Waals surface area contributed by atoms with E-state index in [4.69, 9.17) is 0 Å². The molecule has 1 atom stereocenters. The average Bonchev–Trinajstić information content (AvgIpc) is 2.59. The molecule has 0 radical (unpaired) electrons. The molecule has 0 aliphatic carbocycles. The van der Waals surface area contributed by atoms with Gasteiger partial charge in [-0.3, -0.25) is 0 Å². The lowest BCUT2D eigenvalue weighted by Crippen LogP contribution is -2.06. The number of hydrogen-bond acceptors (Lipinski definition) is 0. The minimum Gasteiger partial charge on any atom is -0.345 e. The third-order valence-electron chi connectivity index (χ3n) is 2.92. The quantitative estimate of drug-likeness (QED) is 0.699. The lowest BCUT2D eigenvalue weighted by molar-refractivity contribution is 0.437. The fourth-order valence-electron chi connectivity index (χ4n) is 2.28. The van der Waals surface area contributed by atoms with E-state index in [1.54, 1.807) is 0 Å². The number of para-hydroxylation sites is 1. The molecule has 80 valence electrons. The summed E-state index contributed by atoms with van der Waals surface area (Å²) in [6.07, 6.45) is 3.44. The minimum absolute atomic E-state index is 0.588. The van der Waals surface area contributed by atoms with Gasteiger partial charge >= 0.3 is 0 Å². The third kappa shape index (κ3) is 2.06. The predicted octanol–water partition coefficient (Wildman–Crippen LogP) is 4.25. The molecule has 0 N–H and O–H groups in total. The molecule has 0 spiro atoms. The van der Waals surface area contributed by atoms with Gasteiger partial charge in [-0.1, -0.05) is 32.0 Å². The highest BCUT2D eigenvalue weighted by atomic mass is 15.0. The Morgan fingerprint density at radius 2 is 1.80 bits per heavy atom. The Balaban J connectivity index is 2.35. The third-order valence-corrected chi connectivity index (χ3v) is 2.92. The molecule has 1 aromatic carbocycles. The predicted molar refractivity (Wildman–Crippen MR) is 66.1 cm³/mol. The molecule has 1 heteroatoms. The Kier molecular flexibility index (Phi) is 2.81. The average molecular weight is 201 g/mol. The highest BCUT2D eigenvalue weighted by Gasteiger charge is 2.09. The smallest absolute Gasteiger partial charge is 0.0482 e. The largest absolute Gasteiger partial charge is 0.345 e. The number of fused-ring (bicyclic) bond motifs is 1. The van der Waals surface area contributed by atoms with Crippen molar-refractivity contribution in [1.29, 1.82) is 0 Å². The van der Waals surface area contributed by atoms with Crippen LogP contribution >= 0.6 is 0 Å². The molecule has 1 unspecified atom stereocenters. The lowest BCUT2D eigenvalue weighted by Gasteiger charge is -2.17. The summed E-state index contributed by atoms with van der Waals surface area (Å²) in [5, 5.41) is 1.34. The van der Waals surface area contributed by atoms with Crippen molar-refractivity contribution in [1.82, 2.24) is 4.57 Å². The molecule has 15 heavy (non-hydrogen) atoms. The fourth-order valence-corrected chi connectivity index (χ4v) is 2.28. The maximum atomic E-state index is 2.38. The van der Waals surface area contributed by atoms with Crippen LogP contribution in [0.4, 0.5) is 0 Å². The molecule has 2 rings (SSSR count). The summed E-state index contributed by atoms with van der Waals surface area (Å²) in [5.41, 5.74) is 1.35. The maximum absolute atomic E-state index is 2.38. The monoisotopic (exact) mass is 201 g/mol. The van der Waals surface area contributed by atoms with Crippen LogP contribution < -0.4 is 0 Å².